The second kappa shape index (κ2) is 17.0. The Bertz CT molecular complexity index is 2460. The molecule has 19 heteroatoms. The topological polar surface area (TPSA) is 138 Å². The van der Waals surface area contributed by atoms with Gasteiger partial charge in [-0.25, -0.2) is 8.78 Å². The summed E-state index contributed by atoms with van der Waals surface area (Å²) in [6.07, 6.45) is -6.84. The first kappa shape index (κ1) is 44.2. The number of nitrogens with zero attached hydrogens (tertiary/aromatic N) is 5. The van der Waals surface area contributed by atoms with E-state index in [1.165, 1.54) is 58.3 Å². The second-order valence-electron chi connectivity index (χ2n) is 14.5. The minimum atomic E-state index is -4.46. The number of piperazine rings is 2. The number of alkyl halides is 6. The number of halogens is 9. The van der Waals surface area contributed by atoms with Crippen molar-refractivity contribution in [3.8, 4) is 12.1 Å². The number of rotatable bonds is 5. The van der Waals surface area contributed by atoms with E-state index in [0.717, 1.165) is 35.2 Å². The van der Waals surface area contributed by atoms with E-state index in [1.54, 1.807) is 12.1 Å². The van der Waals surface area contributed by atoms with Crippen molar-refractivity contribution >= 4 is 45.2 Å². The zero-order valence-corrected chi connectivity index (χ0v) is 33.1. The summed E-state index contributed by atoms with van der Waals surface area (Å²) in [4.78, 5) is 53.7. The first-order chi connectivity index (χ1) is 28.7. The predicted molar refractivity (Wildman–Crippen MR) is 203 cm³/mol. The number of carbonyl (C=O) groups excluding carboxylic acids is 4. The Morgan fingerprint density at radius 1 is 0.639 bits per heavy atom. The van der Waals surface area contributed by atoms with Crippen molar-refractivity contribution in [3.63, 3.8) is 0 Å². The smallest absolute Gasteiger partial charge is 0.345 e. The number of benzene rings is 4. The highest BCUT2D eigenvalue weighted by Crippen LogP contribution is 2.48. The number of hydrogen-bond donors (Lipinski definition) is 1. The summed E-state index contributed by atoms with van der Waals surface area (Å²) in [5.41, 5.74) is -2.02. The van der Waals surface area contributed by atoms with Crippen LogP contribution in [0.25, 0.3) is 0 Å². The van der Waals surface area contributed by atoms with Gasteiger partial charge in [-0.2, -0.15) is 36.9 Å². The minimum absolute atomic E-state index is 0.00754. The van der Waals surface area contributed by atoms with Gasteiger partial charge >= 0.3 is 12.4 Å². The van der Waals surface area contributed by atoms with E-state index < -0.39 is 58.0 Å². The van der Waals surface area contributed by atoms with Crippen LogP contribution in [0, 0.1) is 34.3 Å². The number of anilines is 1. The highest BCUT2D eigenvalue weighted by Gasteiger charge is 2.61. The minimum Gasteiger partial charge on any atom is -0.345 e. The zero-order valence-electron chi connectivity index (χ0n) is 31.5. The molecule has 4 amide bonds. The van der Waals surface area contributed by atoms with E-state index in [-0.39, 0.29) is 49.2 Å². The molecule has 0 atom stereocenters. The Morgan fingerprint density at radius 2 is 1.10 bits per heavy atom. The van der Waals surface area contributed by atoms with E-state index >= 15 is 0 Å². The Hall–Kier alpha value is -6.34. The van der Waals surface area contributed by atoms with Crippen molar-refractivity contribution in [1.29, 1.82) is 10.5 Å². The molecule has 2 aliphatic carbocycles. The number of amides is 4. The fraction of sp³-hybridized carbons (Fsp3) is 0.286. The van der Waals surface area contributed by atoms with E-state index in [1.807, 2.05) is 6.07 Å². The SMILES string of the molecule is N#Cc1ccc(Br)c(F)c1.N#Cc1ccc(N2CC(=O)N(Cc3ccc(C(F)(F)F)cc3)C3(CC3)C2=O)c(F)c1.O=C1CNC(=O)C2(CC2)N1Cc1ccc(C(F)(F)F)cc1. The molecule has 4 fully saturated rings. The predicted octanol–water partition coefficient (Wildman–Crippen LogP) is 7.78. The fourth-order valence-electron chi connectivity index (χ4n) is 6.89. The van der Waals surface area contributed by atoms with Crippen LogP contribution in [0.1, 0.15) is 59.1 Å². The van der Waals surface area contributed by atoms with Gasteiger partial charge in [0.05, 0.1) is 51.1 Å². The molecule has 2 spiro atoms. The maximum Gasteiger partial charge on any atom is 0.416 e. The molecule has 4 aliphatic rings. The second-order valence-corrected chi connectivity index (χ2v) is 15.4. The standard InChI is InChI=1S/C21H15F4N3O2.C14H13F3N2O2.C7H3BrFN/c22-16-9-14(10-26)3-6-17(16)27-12-18(29)28(20(7-8-20)19(27)30)11-13-1-4-15(5-2-13)21(23,24)25;15-14(16,17)10-3-1-9(2-4-10)8-19-11(20)7-18-12(21)13(19)5-6-13;8-6-2-1-5(4-10)3-7(6)9/h1-6,9H,7-8,11-12H2;1-4H,5-8H2,(H,18,21);1-3H. The van der Waals surface area contributed by atoms with Gasteiger partial charge in [-0.05, 0) is 113 Å². The molecule has 61 heavy (non-hydrogen) atoms. The quantitative estimate of drug-likeness (QED) is 0.203. The van der Waals surface area contributed by atoms with Crippen LogP contribution in [0.5, 0.6) is 0 Å². The van der Waals surface area contributed by atoms with Crippen LogP contribution >= 0.6 is 15.9 Å². The van der Waals surface area contributed by atoms with Gasteiger partial charge in [0.15, 0.2) is 0 Å². The van der Waals surface area contributed by atoms with E-state index in [0.29, 0.717) is 46.8 Å². The first-order valence-corrected chi connectivity index (χ1v) is 19.1. The summed E-state index contributed by atoms with van der Waals surface area (Å²) in [6.45, 7) is -0.290. The van der Waals surface area contributed by atoms with Gasteiger partial charge in [-0.1, -0.05) is 24.3 Å². The number of nitriles is 2. The van der Waals surface area contributed by atoms with Gasteiger partial charge in [-0.3, -0.25) is 24.1 Å². The monoisotopic (exact) mass is 914 g/mol. The molecule has 4 aromatic rings. The molecule has 0 bridgehead atoms. The third-order valence-corrected chi connectivity index (χ3v) is 11.1. The molecule has 1 N–H and O–H groups in total. The molecule has 0 radical (unpaired) electrons. The van der Waals surface area contributed by atoms with Crippen molar-refractivity contribution in [2.45, 2.75) is 62.2 Å². The molecule has 4 aromatic carbocycles. The number of nitrogens with one attached hydrogen (secondary N) is 1. The fourth-order valence-corrected chi connectivity index (χ4v) is 7.14. The molecule has 0 aromatic heterocycles. The van der Waals surface area contributed by atoms with Crippen molar-refractivity contribution in [1.82, 2.24) is 15.1 Å². The van der Waals surface area contributed by atoms with Gasteiger partial charge in [0, 0.05) is 13.1 Å². The Kier molecular flexibility index (Phi) is 12.3. The van der Waals surface area contributed by atoms with Crippen molar-refractivity contribution in [2.24, 2.45) is 0 Å². The molecule has 0 unspecified atom stereocenters. The molecular weight excluding hydrogens is 884 g/mol. The first-order valence-electron chi connectivity index (χ1n) is 18.3. The summed E-state index contributed by atoms with van der Waals surface area (Å²) >= 11 is 2.97. The molecule has 316 valence electrons. The van der Waals surface area contributed by atoms with Crippen LogP contribution in [0.4, 0.5) is 40.8 Å². The van der Waals surface area contributed by atoms with Gasteiger partial charge in [0.25, 0.3) is 5.91 Å². The van der Waals surface area contributed by atoms with Crippen molar-refractivity contribution in [3.05, 3.63) is 134 Å². The lowest BCUT2D eigenvalue weighted by atomic mass is 10.0. The van der Waals surface area contributed by atoms with Crippen molar-refractivity contribution in [2.75, 3.05) is 18.0 Å². The largest absolute Gasteiger partial charge is 0.416 e. The summed E-state index contributed by atoms with van der Waals surface area (Å²) in [6, 6.07) is 20.6. The maximum atomic E-state index is 14.4. The van der Waals surface area contributed by atoms with Crippen LogP contribution in [-0.4, -0.2) is 57.6 Å². The lowest BCUT2D eigenvalue weighted by Crippen LogP contribution is -2.61. The average molecular weight is 916 g/mol. The Labute approximate surface area is 351 Å². The lowest BCUT2D eigenvalue weighted by molar-refractivity contribution is -0.148. The zero-order chi connectivity index (χ0) is 44.5. The summed E-state index contributed by atoms with van der Waals surface area (Å²) in [7, 11) is 0. The van der Waals surface area contributed by atoms with E-state index in [4.69, 9.17) is 10.5 Å². The van der Waals surface area contributed by atoms with Crippen LogP contribution in [0.2, 0.25) is 0 Å². The number of carbonyl (C=O) groups is 4. The summed E-state index contributed by atoms with van der Waals surface area (Å²) in [5.74, 6) is -2.41. The molecule has 2 aliphatic heterocycles. The number of hydrogen-bond acceptors (Lipinski definition) is 6. The third kappa shape index (κ3) is 9.52. The van der Waals surface area contributed by atoms with E-state index in [9.17, 15) is 54.3 Å². The summed E-state index contributed by atoms with van der Waals surface area (Å²) in [5, 5.41) is 19.7. The molecule has 2 saturated carbocycles. The van der Waals surface area contributed by atoms with Gasteiger partial charge in [-0.15, -0.1) is 0 Å². The lowest BCUT2D eigenvalue weighted by Gasteiger charge is -2.41. The average Bonchev–Trinajstić information content (AvgIpc) is 4.17. The molecule has 2 saturated heterocycles. The third-order valence-electron chi connectivity index (χ3n) is 10.5. The van der Waals surface area contributed by atoms with Crippen LogP contribution in [-0.2, 0) is 44.6 Å². The molecule has 8 rings (SSSR count). The Balaban J connectivity index is 0.000000173. The van der Waals surface area contributed by atoms with Gasteiger partial charge in [0.1, 0.15) is 29.3 Å². The van der Waals surface area contributed by atoms with Crippen LogP contribution in [0.3, 0.4) is 0 Å². The maximum absolute atomic E-state index is 14.4. The molecule has 10 nitrogen and oxygen atoms in total. The highest BCUT2D eigenvalue weighted by molar-refractivity contribution is 9.10. The normalized spacial score (nSPS) is 17.4. The van der Waals surface area contributed by atoms with Gasteiger partial charge < -0.3 is 15.1 Å². The molecular formula is C42H31BrF8N6O4. The van der Waals surface area contributed by atoms with Gasteiger partial charge in [0.2, 0.25) is 17.7 Å². The van der Waals surface area contributed by atoms with Crippen LogP contribution < -0.4 is 10.2 Å². The highest BCUT2D eigenvalue weighted by atomic mass is 79.9. The van der Waals surface area contributed by atoms with Crippen LogP contribution in [0.15, 0.2) is 89.4 Å². The molecule has 2 heterocycles. The van der Waals surface area contributed by atoms with E-state index in [2.05, 4.69) is 21.2 Å². The van der Waals surface area contributed by atoms with Crippen molar-refractivity contribution < 1.29 is 54.3 Å². The summed E-state index contributed by atoms with van der Waals surface area (Å²) < 4.78 is 103. The Morgan fingerprint density at radius 3 is 1.52 bits per heavy atom.